The molecular formula is C62H109NO8. The first-order chi connectivity index (χ1) is 34.6. The maximum atomic E-state index is 12.8. The number of unbranched alkanes of at least 4 members (excludes halogenated alkanes) is 26. The lowest BCUT2D eigenvalue weighted by atomic mass is 10.0. The molecule has 0 aliphatic carbocycles. The molecule has 0 bridgehead atoms. The minimum atomic E-state index is -1.62. The second-order valence-electron chi connectivity index (χ2n) is 20.6. The van der Waals surface area contributed by atoms with Gasteiger partial charge in [0.25, 0.3) is 0 Å². The Hall–Kier alpha value is -3.27. The van der Waals surface area contributed by atoms with Crippen LogP contribution in [0.2, 0.25) is 0 Å². The third-order valence-electron chi connectivity index (χ3n) is 12.5. The van der Waals surface area contributed by atoms with Gasteiger partial charge in [0, 0.05) is 12.8 Å². The molecule has 0 amide bonds. The fraction of sp³-hybridized carbons (Fsp3) is 0.758. The second-order valence-corrected chi connectivity index (χ2v) is 20.6. The Morgan fingerprint density at radius 1 is 0.437 bits per heavy atom. The number of nitrogens with zero attached hydrogens (tertiary/aromatic N) is 1. The summed E-state index contributed by atoms with van der Waals surface area (Å²) in [6, 6.07) is 0. The molecule has 0 aromatic carbocycles. The molecule has 0 spiro atoms. The minimum absolute atomic E-state index is 0.147. The number of carboxylic acids is 1. The van der Waals surface area contributed by atoms with E-state index in [1.165, 1.54) is 135 Å². The molecule has 0 radical (unpaired) electrons. The Morgan fingerprint density at radius 3 is 1.20 bits per heavy atom. The molecule has 0 aromatic heterocycles. The molecule has 71 heavy (non-hydrogen) atoms. The van der Waals surface area contributed by atoms with Crippen molar-refractivity contribution in [3.8, 4) is 0 Å². The number of rotatable bonds is 53. The number of hydrogen-bond acceptors (Lipinski definition) is 8. The number of likely N-dealkylation sites (N-methyl/N-ethyl adjacent to an activating group) is 1. The molecule has 0 N–H and O–H groups in total. The zero-order valence-electron chi connectivity index (χ0n) is 46.6. The monoisotopic (exact) mass is 996 g/mol. The molecule has 2 atom stereocenters. The first-order valence-corrected chi connectivity index (χ1v) is 29.1. The van der Waals surface area contributed by atoms with Crippen molar-refractivity contribution < 1.29 is 42.9 Å². The maximum Gasteiger partial charge on any atom is 0.306 e. The van der Waals surface area contributed by atoms with Crippen molar-refractivity contribution in [2.45, 2.75) is 257 Å². The average Bonchev–Trinajstić information content (AvgIpc) is 3.34. The smallest absolute Gasteiger partial charge is 0.306 e. The molecule has 0 aliphatic rings. The van der Waals surface area contributed by atoms with Crippen molar-refractivity contribution in [1.82, 2.24) is 0 Å². The summed E-state index contributed by atoms with van der Waals surface area (Å²) in [6.45, 7) is 4.64. The van der Waals surface area contributed by atoms with Crippen molar-refractivity contribution in [3.05, 3.63) is 72.9 Å². The largest absolute Gasteiger partial charge is 0.545 e. The van der Waals surface area contributed by atoms with Crippen LogP contribution in [0.4, 0.5) is 0 Å². The molecule has 0 fully saturated rings. The van der Waals surface area contributed by atoms with Crippen LogP contribution in [0.1, 0.15) is 245 Å². The van der Waals surface area contributed by atoms with Gasteiger partial charge in [-0.05, 0) is 64.2 Å². The summed E-state index contributed by atoms with van der Waals surface area (Å²) >= 11 is 0. The van der Waals surface area contributed by atoms with E-state index in [4.69, 9.17) is 18.9 Å². The Bertz CT molecular complexity index is 1390. The number of hydrogen-bond donors (Lipinski definition) is 0. The Labute approximate surface area is 437 Å². The van der Waals surface area contributed by atoms with Crippen LogP contribution >= 0.6 is 0 Å². The number of carboxylic acid groups (broad SMARTS) is 1. The van der Waals surface area contributed by atoms with Gasteiger partial charge in [-0.2, -0.15) is 0 Å². The van der Waals surface area contributed by atoms with Crippen molar-refractivity contribution in [1.29, 1.82) is 0 Å². The van der Waals surface area contributed by atoms with Gasteiger partial charge in [0.05, 0.1) is 40.3 Å². The van der Waals surface area contributed by atoms with Gasteiger partial charge < -0.3 is 33.3 Å². The molecule has 9 heteroatoms. The molecule has 0 heterocycles. The van der Waals surface area contributed by atoms with E-state index in [1.807, 2.05) is 21.1 Å². The second kappa shape index (κ2) is 53.0. The number of esters is 2. The normalized spacial score (nSPS) is 13.3. The summed E-state index contributed by atoms with van der Waals surface area (Å²) < 4.78 is 22.7. The van der Waals surface area contributed by atoms with E-state index >= 15 is 0 Å². The van der Waals surface area contributed by atoms with Crippen molar-refractivity contribution in [2.75, 3.05) is 47.5 Å². The van der Waals surface area contributed by atoms with Crippen LogP contribution in [-0.2, 0) is 33.3 Å². The van der Waals surface area contributed by atoms with E-state index in [1.54, 1.807) is 0 Å². The molecule has 0 rings (SSSR count). The predicted molar refractivity (Wildman–Crippen MR) is 297 cm³/mol. The van der Waals surface area contributed by atoms with Gasteiger partial charge in [-0.15, -0.1) is 0 Å². The van der Waals surface area contributed by atoms with E-state index in [9.17, 15) is 19.5 Å². The first kappa shape index (κ1) is 67.7. The topological polar surface area (TPSA) is 111 Å². The Kier molecular flexibility index (Phi) is 50.6. The number of aliphatic carboxylic acids is 1. The van der Waals surface area contributed by atoms with E-state index in [0.717, 1.165) is 77.0 Å². The van der Waals surface area contributed by atoms with Crippen LogP contribution < -0.4 is 5.11 Å². The molecule has 9 nitrogen and oxygen atoms in total. The number of quaternary nitrogens is 1. The SMILES string of the molecule is CC/C=C\C/C=C\C/C=C\C/C=C\C/C=C\C/C=C\CCCCCCCCCCCCCCCCC(=O)OC(COC(=O)CCCCCCCCCCCCCCC)COC(OCC[N+](C)(C)C)C(=O)[O-]. The third kappa shape index (κ3) is 54.3. The molecule has 0 aliphatic heterocycles. The summed E-state index contributed by atoms with van der Waals surface area (Å²) in [6.07, 6.45) is 65.3. The summed E-state index contributed by atoms with van der Waals surface area (Å²) in [5.41, 5.74) is 0. The summed E-state index contributed by atoms with van der Waals surface area (Å²) in [7, 11) is 5.92. The maximum absolute atomic E-state index is 12.8. The molecule has 0 aromatic rings. The average molecular weight is 997 g/mol. The van der Waals surface area contributed by atoms with Crippen LogP contribution in [-0.4, -0.2) is 82.3 Å². The quantitative estimate of drug-likeness (QED) is 0.0195. The van der Waals surface area contributed by atoms with Gasteiger partial charge in [0.15, 0.2) is 12.4 Å². The molecule has 0 saturated heterocycles. The van der Waals surface area contributed by atoms with Gasteiger partial charge in [-0.3, -0.25) is 9.59 Å². The van der Waals surface area contributed by atoms with Gasteiger partial charge in [0.2, 0.25) is 0 Å². The Morgan fingerprint density at radius 2 is 0.803 bits per heavy atom. The lowest BCUT2D eigenvalue weighted by molar-refractivity contribution is -0.870. The van der Waals surface area contributed by atoms with Gasteiger partial charge in [0.1, 0.15) is 13.2 Å². The third-order valence-corrected chi connectivity index (χ3v) is 12.5. The van der Waals surface area contributed by atoms with Gasteiger partial charge >= 0.3 is 11.9 Å². The number of allylic oxidation sites excluding steroid dienone is 12. The van der Waals surface area contributed by atoms with Crippen molar-refractivity contribution >= 4 is 17.9 Å². The minimum Gasteiger partial charge on any atom is -0.545 e. The van der Waals surface area contributed by atoms with Crippen LogP contribution in [0.15, 0.2) is 72.9 Å². The van der Waals surface area contributed by atoms with Gasteiger partial charge in [-0.25, -0.2) is 0 Å². The number of ether oxygens (including phenoxy) is 4. The lowest BCUT2D eigenvalue weighted by Crippen LogP contribution is -2.44. The highest BCUT2D eigenvalue weighted by atomic mass is 16.7. The highest BCUT2D eigenvalue weighted by Gasteiger charge is 2.22. The first-order valence-electron chi connectivity index (χ1n) is 29.1. The predicted octanol–water partition coefficient (Wildman–Crippen LogP) is 15.7. The van der Waals surface area contributed by atoms with E-state index in [-0.39, 0.29) is 32.2 Å². The van der Waals surface area contributed by atoms with E-state index in [2.05, 4.69) is 86.8 Å². The van der Waals surface area contributed by atoms with Gasteiger partial charge in [-0.1, -0.05) is 241 Å². The molecular weight excluding hydrogens is 887 g/mol. The highest BCUT2D eigenvalue weighted by molar-refractivity contribution is 5.70. The highest BCUT2D eigenvalue weighted by Crippen LogP contribution is 2.16. The Balaban J connectivity index is 4.12. The van der Waals surface area contributed by atoms with Crippen LogP contribution in [0.5, 0.6) is 0 Å². The van der Waals surface area contributed by atoms with Crippen LogP contribution in [0.3, 0.4) is 0 Å². The standard InChI is InChI=1S/C62H109NO8/c1-6-8-10-12-14-16-18-20-21-22-23-24-25-26-27-28-29-30-31-32-33-34-35-36-37-38-39-41-43-45-47-49-51-53-60(65)71-58(57-70-62(61(66)67)68-55-54-63(3,4)5)56-69-59(64)52-50-48-46-44-42-40-19-17-15-13-11-9-7-2/h8,10,14,16,20-21,23-24,26-27,29-30,58,62H,6-7,9,11-13,15,17-19,22,25,28,31-57H2,1-5H3/b10-8-,16-14-,21-20-,24-23-,27-26-,30-29-. The number of carbonyl (C=O) groups is 3. The van der Waals surface area contributed by atoms with Crippen LogP contribution in [0.25, 0.3) is 0 Å². The fourth-order valence-electron chi connectivity index (χ4n) is 8.01. The van der Waals surface area contributed by atoms with E-state index < -0.39 is 24.3 Å². The summed E-state index contributed by atoms with van der Waals surface area (Å²) in [4.78, 5) is 37.2. The fourth-order valence-corrected chi connectivity index (χ4v) is 8.01. The van der Waals surface area contributed by atoms with E-state index in [0.29, 0.717) is 23.9 Å². The molecule has 0 saturated carbocycles. The molecule has 410 valence electrons. The van der Waals surface area contributed by atoms with Crippen molar-refractivity contribution in [2.24, 2.45) is 0 Å². The summed E-state index contributed by atoms with van der Waals surface area (Å²) in [5, 5.41) is 11.8. The summed E-state index contributed by atoms with van der Waals surface area (Å²) in [5.74, 6) is -2.28. The number of carbonyl (C=O) groups excluding carboxylic acids is 3. The molecule has 2 unspecified atom stereocenters. The van der Waals surface area contributed by atoms with Crippen LogP contribution in [0, 0.1) is 0 Å². The van der Waals surface area contributed by atoms with Crippen molar-refractivity contribution in [3.63, 3.8) is 0 Å². The zero-order valence-corrected chi connectivity index (χ0v) is 46.6. The lowest BCUT2D eigenvalue weighted by Gasteiger charge is -2.26. The zero-order chi connectivity index (χ0) is 52.0.